The summed E-state index contributed by atoms with van der Waals surface area (Å²) in [5, 5.41) is 13.8. The van der Waals surface area contributed by atoms with Crippen LogP contribution in [0.4, 0.5) is 5.69 Å². The number of carbonyl (C=O) groups excluding carboxylic acids is 3. The number of hydrogen-bond donors (Lipinski definition) is 2. The molecule has 1 aromatic heterocycles. The molecule has 0 bridgehead atoms. The number of hydrogen-bond acceptors (Lipinski definition) is 6. The smallest absolute Gasteiger partial charge is 0.326 e. The van der Waals surface area contributed by atoms with E-state index in [4.69, 9.17) is 4.74 Å². The van der Waals surface area contributed by atoms with Crippen LogP contribution in [0.3, 0.4) is 0 Å². The number of Topliss-reactive ketones (excluding diaryl/α,β-unsaturated/α-hetero) is 1. The van der Waals surface area contributed by atoms with Crippen molar-refractivity contribution in [3.63, 3.8) is 0 Å². The highest BCUT2D eigenvalue weighted by atomic mass is 16.6. The molecule has 0 radical (unpaired) electrons. The molecular formula is C20H17N3O6. The lowest BCUT2D eigenvalue weighted by Gasteiger charge is -2.12. The lowest BCUT2D eigenvalue weighted by molar-refractivity contribution is -0.384. The van der Waals surface area contributed by atoms with Crippen molar-refractivity contribution < 1.29 is 24.0 Å². The van der Waals surface area contributed by atoms with Gasteiger partial charge in [-0.25, -0.2) is 0 Å². The van der Waals surface area contributed by atoms with Crippen molar-refractivity contribution in [3.8, 4) is 0 Å². The minimum absolute atomic E-state index is 0.0370. The number of carbonyl (C=O) groups is 3. The molecule has 2 N–H and O–H groups in total. The second kappa shape index (κ2) is 8.34. The number of nitrogens with zero attached hydrogens (tertiary/aromatic N) is 1. The number of esters is 1. The van der Waals surface area contributed by atoms with Crippen LogP contribution in [0.15, 0.2) is 54.7 Å². The molecule has 0 fully saturated rings. The van der Waals surface area contributed by atoms with Crippen LogP contribution in [0.5, 0.6) is 0 Å². The van der Waals surface area contributed by atoms with Crippen molar-refractivity contribution in [2.24, 2.45) is 0 Å². The summed E-state index contributed by atoms with van der Waals surface area (Å²) < 4.78 is 5.11. The fourth-order valence-corrected chi connectivity index (χ4v) is 2.80. The number of ether oxygens (including phenoxy) is 1. The fourth-order valence-electron chi connectivity index (χ4n) is 2.80. The molecule has 9 heteroatoms. The summed E-state index contributed by atoms with van der Waals surface area (Å²) in [4.78, 5) is 49.8. The second-order valence-corrected chi connectivity index (χ2v) is 6.23. The quantitative estimate of drug-likeness (QED) is 0.274. The third kappa shape index (κ3) is 4.46. The Morgan fingerprint density at radius 2 is 1.93 bits per heavy atom. The molecule has 1 atom stereocenters. The molecule has 1 heterocycles. The van der Waals surface area contributed by atoms with E-state index in [1.54, 1.807) is 18.3 Å². The van der Waals surface area contributed by atoms with Gasteiger partial charge in [-0.3, -0.25) is 24.5 Å². The zero-order valence-corrected chi connectivity index (χ0v) is 15.4. The topological polar surface area (TPSA) is 131 Å². The molecule has 0 aliphatic carbocycles. The first-order chi connectivity index (χ1) is 13.9. The summed E-state index contributed by atoms with van der Waals surface area (Å²) >= 11 is 0. The monoisotopic (exact) mass is 395 g/mol. The van der Waals surface area contributed by atoms with Crippen LogP contribution in [-0.4, -0.2) is 40.2 Å². The number of non-ortho nitro benzene ring substituents is 1. The molecule has 0 saturated heterocycles. The number of benzene rings is 2. The highest BCUT2D eigenvalue weighted by Crippen LogP contribution is 2.20. The van der Waals surface area contributed by atoms with Crippen LogP contribution in [-0.2, 0) is 9.53 Å². The number of nitrogens with one attached hydrogen (secondary N) is 2. The standard InChI is InChI=1S/C20H17N3O6/c1-12(19(25)16-10-21-17-8-3-2-7-15(16)17)29-18(24)11-22-20(26)13-5-4-6-14(9-13)23(27)28/h2-10,12,21H,11H2,1H3,(H,22,26). The summed E-state index contributed by atoms with van der Waals surface area (Å²) in [6.07, 6.45) is 0.512. The van der Waals surface area contributed by atoms with Crippen molar-refractivity contribution in [2.45, 2.75) is 13.0 Å². The van der Waals surface area contributed by atoms with Crippen LogP contribution in [0.25, 0.3) is 10.9 Å². The third-order valence-corrected chi connectivity index (χ3v) is 4.24. The number of aromatic nitrogens is 1. The Kier molecular flexibility index (Phi) is 5.68. The first kappa shape index (κ1) is 19.7. The van der Waals surface area contributed by atoms with E-state index in [1.165, 1.54) is 25.1 Å². The van der Waals surface area contributed by atoms with E-state index in [-0.39, 0.29) is 17.0 Å². The zero-order valence-electron chi connectivity index (χ0n) is 15.4. The Morgan fingerprint density at radius 3 is 2.69 bits per heavy atom. The minimum atomic E-state index is -1.04. The number of nitro benzene ring substituents is 1. The Morgan fingerprint density at radius 1 is 1.17 bits per heavy atom. The summed E-state index contributed by atoms with van der Waals surface area (Å²) in [6.45, 7) is 0.970. The average molecular weight is 395 g/mol. The molecule has 148 valence electrons. The van der Waals surface area contributed by atoms with Crippen molar-refractivity contribution in [1.82, 2.24) is 10.3 Å². The highest BCUT2D eigenvalue weighted by molar-refractivity contribution is 6.10. The van der Waals surface area contributed by atoms with E-state index < -0.39 is 29.4 Å². The van der Waals surface area contributed by atoms with E-state index in [0.29, 0.717) is 5.56 Å². The lowest BCUT2D eigenvalue weighted by atomic mass is 10.1. The average Bonchev–Trinajstić information content (AvgIpc) is 3.15. The van der Waals surface area contributed by atoms with Gasteiger partial charge in [-0.15, -0.1) is 0 Å². The number of amides is 1. The number of ketones is 1. The maximum absolute atomic E-state index is 12.6. The molecule has 3 rings (SSSR count). The number of rotatable bonds is 7. The first-order valence-electron chi connectivity index (χ1n) is 8.69. The van der Waals surface area contributed by atoms with Gasteiger partial charge in [-0.05, 0) is 19.1 Å². The molecule has 29 heavy (non-hydrogen) atoms. The first-order valence-corrected chi connectivity index (χ1v) is 8.69. The molecule has 0 aliphatic heterocycles. The highest BCUT2D eigenvalue weighted by Gasteiger charge is 2.22. The summed E-state index contributed by atoms with van der Waals surface area (Å²) in [7, 11) is 0. The molecule has 9 nitrogen and oxygen atoms in total. The van der Waals surface area contributed by atoms with Crippen molar-refractivity contribution >= 4 is 34.3 Å². The van der Waals surface area contributed by atoms with E-state index in [0.717, 1.165) is 17.0 Å². The number of nitro groups is 1. The molecule has 2 aromatic carbocycles. The molecule has 0 spiro atoms. The van der Waals surface area contributed by atoms with Gasteiger partial charge in [-0.2, -0.15) is 0 Å². The number of fused-ring (bicyclic) bond motifs is 1. The van der Waals surface area contributed by atoms with Crippen molar-refractivity contribution in [2.75, 3.05) is 6.54 Å². The van der Waals surface area contributed by atoms with Crippen LogP contribution in [0, 0.1) is 10.1 Å². The third-order valence-electron chi connectivity index (χ3n) is 4.24. The maximum atomic E-state index is 12.6. The predicted molar refractivity (Wildman–Crippen MR) is 104 cm³/mol. The normalized spacial score (nSPS) is 11.6. The van der Waals surface area contributed by atoms with Crippen LogP contribution < -0.4 is 5.32 Å². The van der Waals surface area contributed by atoms with Crippen molar-refractivity contribution in [1.29, 1.82) is 0 Å². The van der Waals surface area contributed by atoms with Crippen LogP contribution in [0.1, 0.15) is 27.6 Å². The molecule has 1 amide bonds. The molecule has 0 saturated carbocycles. The Labute approximate surface area is 164 Å². The van der Waals surface area contributed by atoms with Gasteiger partial charge in [0, 0.05) is 40.4 Å². The van der Waals surface area contributed by atoms with Gasteiger partial charge in [-0.1, -0.05) is 24.3 Å². The molecular weight excluding hydrogens is 378 g/mol. The molecule has 1 unspecified atom stereocenters. The van der Waals surface area contributed by atoms with Crippen LogP contribution in [0.2, 0.25) is 0 Å². The number of H-pyrrole nitrogens is 1. The Bertz CT molecular complexity index is 1100. The van der Waals surface area contributed by atoms with Gasteiger partial charge in [0.05, 0.1) is 4.92 Å². The SMILES string of the molecule is CC(OC(=O)CNC(=O)c1cccc([N+](=O)[O-])c1)C(=O)c1c[nH]c2ccccc12. The van der Waals surface area contributed by atoms with Gasteiger partial charge in [0.25, 0.3) is 11.6 Å². The van der Waals surface area contributed by atoms with Gasteiger partial charge in [0.15, 0.2) is 6.10 Å². The lowest BCUT2D eigenvalue weighted by Crippen LogP contribution is -2.34. The van der Waals surface area contributed by atoms with E-state index >= 15 is 0 Å². The Hall–Kier alpha value is -4.01. The molecule has 0 aliphatic rings. The summed E-state index contributed by atoms with van der Waals surface area (Å²) in [5.41, 5.74) is 0.994. The van der Waals surface area contributed by atoms with E-state index in [1.807, 2.05) is 12.1 Å². The van der Waals surface area contributed by atoms with Gasteiger partial charge in [0.2, 0.25) is 5.78 Å². The number of para-hydroxylation sites is 1. The number of aromatic amines is 1. The van der Waals surface area contributed by atoms with E-state index in [2.05, 4.69) is 10.3 Å². The van der Waals surface area contributed by atoms with E-state index in [9.17, 15) is 24.5 Å². The Balaban J connectivity index is 1.57. The summed E-state index contributed by atoms with van der Waals surface area (Å²) in [5.74, 6) is -1.84. The van der Waals surface area contributed by atoms with Gasteiger partial charge in [0.1, 0.15) is 6.54 Å². The maximum Gasteiger partial charge on any atom is 0.326 e. The predicted octanol–water partition coefficient (Wildman–Crippen LogP) is 2.62. The minimum Gasteiger partial charge on any atom is -0.453 e. The second-order valence-electron chi connectivity index (χ2n) is 6.23. The molecule has 3 aromatic rings. The fraction of sp³-hybridized carbons (Fsp3) is 0.150. The largest absolute Gasteiger partial charge is 0.453 e. The van der Waals surface area contributed by atoms with Gasteiger partial charge >= 0.3 is 5.97 Å². The zero-order chi connectivity index (χ0) is 21.0. The van der Waals surface area contributed by atoms with Crippen LogP contribution >= 0.6 is 0 Å². The van der Waals surface area contributed by atoms with Crippen molar-refractivity contribution in [3.05, 3.63) is 76.0 Å². The van der Waals surface area contributed by atoms with Gasteiger partial charge < -0.3 is 15.0 Å². The summed E-state index contributed by atoms with van der Waals surface area (Å²) in [6, 6.07) is 12.4.